The standard InChI is InChI=1S/C14H21BrClNO/c1-4-5-12(9-18-3)17-10(2)13-7-6-11(15)8-14(13)16/h6-8,10,12,17H,4-5,9H2,1-3H3. The lowest BCUT2D eigenvalue weighted by molar-refractivity contribution is 0.157. The number of nitrogens with one attached hydrogen (secondary N) is 1. The maximum absolute atomic E-state index is 6.26. The number of hydrogen-bond donors (Lipinski definition) is 1. The molecular weight excluding hydrogens is 314 g/mol. The van der Waals surface area contributed by atoms with Gasteiger partial charge in [-0.3, -0.25) is 0 Å². The van der Waals surface area contributed by atoms with Crippen LogP contribution in [0.3, 0.4) is 0 Å². The van der Waals surface area contributed by atoms with Crippen molar-refractivity contribution >= 4 is 27.5 Å². The maximum Gasteiger partial charge on any atom is 0.0616 e. The topological polar surface area (TPSA) is 21.3 Å². The molecule has 18 heavy (non-hydrogen) atoms. The Hall–Kier alpha value is -0.0900. The van der Waals surface area contributed by atoms with Crippen molar-refractivity contribution < 1.29 is 4.74 Å². The van der Waals surface area contributed by atoms with Crippen molar-refractivity contribution in [3.63, 3.8) is 0 Å². The summed E-state index contributed by atoms with van der Waals surface area (Å²) in [6, 6.07) is 6.59. The predicted octanol–water partition coefficient (Wildman–Crippen LogP) is 4.57. The average molecular weight is 335 g/mol. The molecule has 4 heteroatoms. The van der Waals surface area contributed by atoms with Crippen LogP contribution in [0.15, 0.2) is 22.7 Å². The third-order valence-corrected chi connectivity index (χ3v) is 3.74. The summed E-state index contributed by atoms with van der Waals surface area (Å²) >= 11 is 9.68. The van der Waals surface area contributed by atoms with E-state index in [1.165, 1.54) is 0 Å². The highest BCUT2D eigenvalue weighted by molar-refractivity contribution is 9.10. The van der Waals surface area contributed by atoms with Crippen molar-refractivity contribution in [1.82, 2.24) is 5.32 Å². The molecular formula is C14H21BrClNO. The molecule has 2 atom stereocenters. The fourth-order valence-electron chi connectivity index (χ4n) is 2.06. The first-order chi connectivity index (χ1) is 8.58. The van der Waals surface area contributed by atoms with Crippen molar-refractivity contribution in [2.24, 2.45) is 0 Å². The number of halogens is 2. The second-order valence-corrected chi connectivity index (χ2v) is 5.82. The number of benzene rings is 1. The largest absolute Gasteiger partial charge is 0.383 e. The molecule has 2 nitrogen and oxygen atoms in total. The highest BCUT2D eigenvalue weighted by atomic mass is 79.9. The van der Waals surface area contributed by atoms with E-state index in [1.54, 1.807) is 7.11 Å². The summed E-state index contributed by atoms with van der Waals surface area (Å²) in [4.78, 5) is 0. The van der Waals surface area contributed by atoms with E-state index < -0.39 is 0 Å². The van der Waals surface area contributed by atoms with Crippen molar-refractivity contribution in [3.8, 4) is 0 Å². The molecule has 102 valence electrons. The Kier molecular flexibility index (Phi) is 7.23. The lowest BCUT2D eigenvalue weighted by Crippen LogP contribution is -2.35. The molecule has 0 fully saturated rings. The smallest absolute Gasteiger partial charge is 0.0616 e. The van der Waals surface area contributed by atoms with E-state index in [9.17, 15) is 0 Å². The summed E-state index contributed by atoms with van der Waals surface area (Å²) in [6.07, 6.45) is 2.24. The zero-order valence-corrected chi connectivity index (χ0v) is 13.5. The van der Waals surface area contributed by atoms with Crippen molar-refractivity contribution in [2.45, 2.75) is 38.8 Å². The summed E-state index contributed by atoms with van der Waals surface area (Å²) in [6.45, 7) is 5.04. The average Bonchev–Trinajstić information content (AvgIpc) is 2.29. The van der Waals surface area contributed by atoms with Crippen LogP contribution in [0.25, 0.3) is 0 Å². The Balaban J connectivity index is 2.70. The van der Waals surface area contributed by atoms with Gasteiger partial charge in [-0.1, -0.05) is 46.9 Å². The summed E-state index contributed by atoms with van der Waals surface area (Å²) < 4.78 is 6.24. The van der Waals surface area contributed by atoms with Gasteiger partial charge in [-0.2, -0.15) is 0 Å². The van der Waals surface area contributed by atoms with Crippen LogP contribution in [0.2, 0.25) is 5.02 Å². The Labute approximate surface area is 123 Å². The molecule has 0 heterocycles. The third kappa shape index (κ3) is 4.88. The lowest BCUT2D eigenvalue weighted by atomic mass is 10.1. The fraction of sp³-hybridized carbons (Fsp3) is 0.571. The molecule has 0 aliphatic carbocycles. The molecule has 0 spiro atoms. The van der Waals surface area contributed by atoms with Crippen LogP contribution in [-0.2, 0) is 4.74 Å². The van der Waals surface area contributed by atoms with Gasteiger partial charge < -0.3 is 10.1 Å². The van der Waals surface area contributed by atoms with Gasteiger partial charge in [-0.25, -0.2) is 0 Å². The SMILES string of the molecule is CCCC(COC)NC(C)c1ccc(Br)cc1Cl. The van der Waals surface area contributed by atoms with E-state index >= 15 is 0 Å². The first kappa shape index (κ1) is 16.0. The summed E-state index contributed by atoms with van der Waals surface area (Å²) in [7, 11) is 1.74. The van der Waals surface area contributed by atoms with E-state index in [2.05, 4.69) is 41.2 Å². The summed E-state index contributed by atoms with van der Waals surface area (Å²) in [5.74, 6) is 0. The molecule has 1 aromatic carbocycles. The minimum atomic E-state index is 0.220. The molecule has 0 saturated heterocycles. The van der Waals surface area contributed by atoms with Crippen LogP contribution in [0.5, 0.6) is 0 Å². The van der Waals surface area contributed by atoms with Crippen molar-refractivity contribution in [1.29, 1.82) is 0 Å². The quantitative estimate of drug-likeness (QED) is 0.788. The molecule has 0 aliphatic heterocycles. The zero-order chi connectivity index (χ0) is 13.5. The van der Waals surface area contributed by atoms with Crippen LogP contribution >= 0.6 is 27.5 Å². The van der Waals surface area contributed by atoms with Gasteiger partial charge in [-0.15, -0.1) is 0 Å². The summed E-state index contributed by atoms with van der Waals surface area (Å²) in [5, 5.41) is 4.36. The van der Waals surface area contributed by atoms with Gasteiger partial charge in [0.25, 0.3) is 0 Å². The number of rotatable bonds is 7. The Morgan fingerprint density at radius 1 is 1.44 bits per heavy atom. The van der Waals surface area contributed by atoms with Crippen LogP contribution in [0, 0.1) is 0 Å². The van der Waals surface area contributed by atoms with Crippen LogP contribution in [-0.4, -0.2) is 19.8 Å². The third-order valence-electron chi connectivity index (χ3n) is 2.92. The highest BCUT2D eigenvalue weighted by Gasteiger charge is 2.14. The minimum Gasteiger partial charge on any atom is -0.383 e. The van der Waals surface area contributed by atoms with Gasteiger partial charge in [0, 0.05) is 28.7 Å². The van der Waals surface area contributed by atoms with Gasteiger partial charge >= 0.3 is 0 Å². The van der Waals surface area contributed by atoms with Crippen molar-refractivity contribution in [2.75, 3.05) is 13.7 Å². The Morgan fingerprint density at radius 3 is 2.72 bits per heavy atom. The monoisotopic (exact) mass is 333 g/mol. The second-order valence-electron chi connectivity index (χ2n) is 4.50. The van der Waals surface area contributed by atoms with Crippen LogP contribution in [0.1, 0.15) is 38.3 Å². The second kappa shape index (κ2) is 8.16. The molecule has 0 bridgehead atoms. The molecule has 2 unspecified atom stereocenters. The maximum atomic E-state index is 6.26. The number of hydrogen-bond acceptors (Lipinski definition) is 2. The van der Waals surface area contributed by atoms with Crippen LogP contribution in [0.4, 0.5) is 0 Å². The van der Waals surface area contributed by atoms with Gasteiger partial charge in [-0.05, 0) is 31.0 Å². The Bertz CT molecular complexity index is 367. The minimum absolute atomic E-state index is 0.220. The van der Waals surface area contributed by atoms with Gasteiger partial charge in [0.2, 0.25) is 0 Å². The molecule has 0 amide bonds. The number of ether oxygens (including phenoxy) is 1. The first-order valence-corrected chi connectivity index (χ1v) is 7.45. The summed E-state index contributed by atoms with van der Waals surface area (Å²) in [5.41, 5.74) is 1.12. The van der Waals surface area contributed by atoms with E-state index in [0.717, 1.165) is 34.5 Å². The van der Waals surface area contributed by atoms with Gasteiger partial charge in [0.1, 0.15) is 0 Å². The van der Waals surface area contributed by atoms with E-state index in [0.29, 0.717) is 6.04 Å². The highest BCUT2D eigenvalue weighted by Crippen LogP contribution is 2.26. The number of methoxy groups -OCH3 is 1. The molecule has 1 aromatic rings. The first-order valence-electron chi connectivity index (χ1n) is 6.28. The van der Waals surface area contributed by atoms with E-state index in [1.807, 2.05) is 12.1 Å². The molecule has 0 radical (unpaired) electrons. The molecule has 1 rings (SSSR count). The van der Waals surface area contributed by atoms with Crippen LogP contribution < -0.4 is 5.32 Å². The fourth-order valence-corrected chi connectivity index (χ4v) is 2.90. The van der Waals surface area contributed by atoms with E-state index in [-0.39, 0.29) is 6.04 Å². The molecule has 1 N–H and O–H groups in total. The van der Waals surface area contributed by atoms with E-state index in [4.69, 9.17) is 16.3 Å². The molecule has 0 aromatic heterocycles. The Morgan fingerprint density at radius 2 is 2.17 bits per heavy atom. The normalized spacial score (nSPS) is 14.5. The molecule has 0 saturated carbocycles. The predicted molar refractivity (Wildman–Crippen MR) is 81.3 cm³/mol. The molecule has 0 aliphatic rings. The van der Waals surface area contributed by atoms with Crippen molar-refractivity contribution in [3.05, 3.63) is 33.3 Å². The van der Waals surface area contributed by atoms with Gasteiger partial charge in [0.15, 0.2) is 0 Å². The van der Waals surface area contributed by atoms with Gasteiger partial charge in [0.05, 0.1) is 6.61 Å². The zero-order valence-electron chi connectivity index (χ0n) is 11.2. The lowest BCUT2D eigenvalue weighted by Gasteiger charge is -2.23.